The van der Waals surface area contributed by atoms with Crippen LogP contribution in [-0.4, -0.2) is 22.0 Å². The van der Waals surface area contributed by atoms with E-state index in [0.29, 0.717) is 28.7 Å². The van der Waals surface area contributed by atoms with Gasteiger partial charge in [0, 0.05) is 17.1 Å². The number of hydrogen-bond donors (Lipinski definition) is 1. The van der Waals surface area contributed by atoms with Crippen molar-refractivity contribution in [3.8, 4) is 5.75 Å². The number of nitrogens with zero attached hydrogens (tertiary/aromatic N) is 1. The fourth-order valence-electron chi connectivity index (χ4n) is 3.01. The van der Waals surface area contributed by atoms with Crippen LogP contribution in [0.3, 0.4) is 0 Å². The third-order valence-electron chi connectivity index (χ3n) is 4.52. The molecule has 0 aliphatic rings. The normalized spacial score (nSPS) is 11.6. The van der Waals surface area contributed by atoms with Gasteiger partial charge < -0.3 is 14.4 Å². The maximum Gasteiger partial charge on any atom is 0.573 e. The first-order valence-corrected chi connectivity index (χ1v) is 10.2. The summed E-state index contributed by atoms with van der Waals surface area (Å²) in [4.78, 5) is 23.4. The lowest BCUT2D eigenvalue weighted by atomic mass is 10.1. The average Bonchev–Trinajstić information content (AvgIpc) is 2.73. The van der Waals surface area contributed by atoms with Gasteiger partial charge in [-0.25, -0.2) is 4.79 Å². The summed E-state index contributed by atoms with van der Waals surface area (Å²) in [6.45, 7) is 0.321. The van der Waals surface area contributed by atoms with E-state index in [-0.39, 0.29) is 16.9 Å². The second-order valence-corrected chi connectivity index (χ2v) is 7.62. The zero-order valence-electron chi connectivity index (χ0n) is 16.5. The number of carbonyl (C=O) groups is 1. The van der Waals surface area contributed by atoms with E-state index in [1.165, 1.54) is 41.0 Å². The summed E-state index contributed by atoms with van der Waals surface area (Å²) in [5, 5.41) is 8.99. The van der Waals surface area contributed by atoms with Crippen molar-refractivity contribution in [2.45, 2.75) is 19.3 Å². The number of aromatic nitrogens is 1. The minimum atomic E-state index is -4.78. The summed E-state index contributed by atoms with van der Waals surface area (Å²) in [5.41, 5.74) is 1.79. The van der Waals surface area contributed by atoms with Gasteiger partial charge in [0.1, 0.15) is 5.75 Å². The zero-order chi connectivity index (χ0) is 23.3. The van der Waals surface area contributed by atoms with Crippen LogP contribution in [0.4, 0.5) is 13.2 Å². The molecule has 166 valence electrons. The number of ether oxygens (including phenoxy) is 1. The highest BCUT2D eigenvalue weighted by Crippen LogP contribution is 2.25. The molecule has 2 aromatic carbocycles. The molecule has 0 radical (unpaired) electrons. The Morgan fingerprint density at radius 2 is 1.78 bits per heavy atom. The van der Waals surface area contributed by atoms with Gasteiger partial charge >= 0.3 is 12.3 Å². The minimum Gasteiger partial charge on any atom is -0.478 e. The Bertz CT molecular complexity index is 1200. The highest BCUT2D eigenvalue weighted by Gasteiger charge is 2.31. The number of halogens is 4. The molecule has 1 heterocycles. The topological polar surface area (TPSA) is 68.5 Å². The Morgan fingerprint density at radius 1 is 1.06 bits per heavy atom. The van der Waals surface area contributed by atoms with Gasteiger partial charge in [0.25, 0.3) is 5.56 Å². The van der Waals surface area contributed by atoms with Crippen LogP contribution in [0.2, 0.25) is 0 Å². The lowest BCUT2D eigenvalue weighted by Crippen LogP contribution is -2.22. The molecule has 0 unspecified atom stereocenters. The molecule has 0 atom stereocenters. The number of benzene rings is 2. The first-order valence-electron chi connectivity index (χ1n) is 9.38. The van der Waals surface area contributed by atoms with Gasteiger partial charge in [-0.2, -0.15) is 0 Å². The number of carboxylic acid groups (broad SMARTS) is 1. The Hall–Kier alpha value is -3.33. The van der Waals surface area contributed by atoms with Crippen molar-refractivity contribution < 1.29 is 27.8 Å². The van der Waals surface area contributed by atoms with E-state index in [1.54, 1.807) is 36.4 Å². The van der Waals surface area contributed by atoms with Crippen molar-refractivity contribution >= 4 is 34.1 Å². The van der Waals surface area contributed by atoms with Crippen LogP contribution in [0.5, 0.6) is 5.75 Å². The van der Waals surface area contributed by atoms with Gasteiger partial charge in [0.05, 0.1) is 11.3 Å². The van der Waals surface area contributed by atoms with E-state index in [4.69, 9.17) is 5.11 Å². The van der Waals surface area contributed by atoms with Gasteiger partial charge in [-0.3, -0.25) is 4.79 Å². The Labute approximate surface area is 189 Å². The maximum absolute atomic E-state index is 12.5. The SMILES string of the molecule is O=C(O)c1ccc(CCn2c(/C=C\c3cccc(OC(F)(F)F)c3)c(Br)ccc2=O)cc1. The molecule has 0 aliphatic carbocycles. The van der Waals surface area contributed by atoms with Gasteiger partial charge in [-0.05, 0) is 69.9 Å². The Morgan fingerprint density at radius 3 is 2.44 bits per heavy atom. The van der Waals surface area contributed by atoms with E-state index >= 15 is 0 Å². The van der Waals surface area contributed by atoms with Crippen LogP contribution in [0, 0.1) is 0 Å². The predicted molar refractivity (Wildman–Crippen MR) is 118 cm³/mol. The molecule has 0 fully saturated rings. The second-order valence-electron chi connectivity index (χ2n) is 6.76. The van der Waals surface area contributed by atoms with Crippen molar-refractivity contribution in [1.29, 1.82) is 0 Å². The smallest absolute Gasteiger partial charge is 0.478 e. The number of carboxylic acids is 1. The number of alkyl halides is 3. The first kappa shape index (κ1) is 23.3. The quantitative estimate of drug-likeness (QED) is 0.450. The number of aromatic carboxylic acids is 1. The van der Waals surface area contributed by atoms with Crippen molar-refractivity contribution in [2.24, 2.45) is 0 Å². The van der Waals surface area contributed by atoms with Gasteiger partial charge in [0.15, 0.2) is 0 Å². The highest BCUT2D eigenvalue weighted by molar-refractivity contribution is 9.10. The summed E-state index contributed by atoms with van der Waals surface area (Å²) in [5.74, 6) is -1.36. The number of pyridine rings is 1. The lowest BCUT2D eigenvalue weighted by molar-refractivity contribution is -0.274. The monoisotopic (exact) mass is 507 g/mol. The molecular weight excluding hydrogens is 491 g/mol. The molecule has 0 saturated carbocycles. The lowest BCUT2D eigenvalue weighted by Gasteiger charge is -2.12. The molecular formula is C23H17BrF3NO4. The molecule has 1 N–H and O–H groups in total. The summed E-state index contributed by atoms with van der Waals surface area (Å²) >= 11 is 3.41. The first-order chi connectivity index (χ1) is 15.1. The Balaban J connectivity index is 1.83. The fourth-order valence-corrected chi connectivity index (χ4v) is 3.49. The van der Waals surface area contributed by atoms with E-state index in [9.17, 15) is 22.8 Å². The third-order valence-corrected chi connectivity index (χ3v) is 5.19. The standard InChI is InChI=1S/C23H17BrF3NO4/c24-19-9-11-21(29)28(13-12-15-4-7-17(8-5-15)22(30)31)20(19)10-6-16-2-1-3-18(14-16)32-23(25,26)27/h1-11,14H,12-13H2,(H,30,31)/b10-6-. The van der Waals surface area contributed by atoms with Gasteiger partial charge in [0.2, 0.25) is 0 Å². The van der Waals surface area contributed by atoms with E-state index < -0.39 is 12.3 Å². The molecule has 1 aromatic heterocycles. The van der Waals surface area contributed by atoms with Crippen LogP contribution in [0.1, 0.15) is 27.2 Å². The second kappa shape index (κ2) is 9.86. The molecule has 3 rings (SSSR count). The molecule has 0 aliphatic heterocycles. The summed E-state index contributed by atoms with van der Waals surface area (Å²) in [7, 11) is 0. The van der Waals surface area contributed by atoms with Crippen LogP contribution in [0.15, 0.2) is 69.9 Å². The Kier molecular flexibility index (Phi) is 7.19. The summed E-state index contributed by atoms with van der Waals surface area (Å²) in [6, 6.07) is 14.9. The molecule has 0 amide bonds. The number of aryl methyl sites for hydroxylation is 1. The number of rotatable bonds is 7. The van der Waals surface area contributed by atoms with Gasteiger partial charge in [-0.15, -0.1) is 13.2 Å². The molecule has 3 aromatic rings. The van der Waals surface area contributed by atoms with Crippen LogP contribution >= 0.6 is 15.9 Å². The van der Waals surface area contributed by atoms with E-state index in [2.05, 4.69) is 20.7 Å². The highest BCUT2D eigenvalue weighted by atomic mass is 79.9. The summed E-state index contributed by atoms with van der Waals surface area (Å²) in [6.07, 6.45) is -1.09. The van der Waals surface area contributed by atoms with Crippen LogP contribution in [-0.2, 0) is 13.0 Å². The minimum absolute atomic E-state index is 0.175. The van der Waals surface area contributed by atoms with E-state index in [0.717, 1.165) is 5.56 Å². The maximum atomic E-state index is 12.5. The predicted octanol–water partition coefficient (Wildman–Crippen LogP) is 5.62. The van der Waals surface area contributed by atoms with E-state index in [1.807, 2.05) is 0 Å². The summed E-state index contributed by atoms with van der Waals surface area (Å²) < 4.78 is 43.4. The van der Waals surface area contributed by atoms with Crippen molar-refractivity contribution in [3.05, 3.63) is 97.9 Å². The molecule has 5 nitrogen and oxygen atoms in total. The van der Waals surface area contributed by atoms with Gasteiger partial charge in [-0.1, -0.05) is 30.3 Å². The molecule has 9 heteroatoms. The van der Waals surface area contributed by atoms with Crippen LogP contribution < -0.4 is 10.3 Å². The van der Waals surface area contributed by atoms with Crippen molar-refractivity contribution in [2.75, 3.05) is 0 Å². The molecule has 32 heavy (non-hydrogen) atoms. The molecule has 0 bridgehead atoms. The molecule has 0 saturated heterocycles. The average molecular weight is 508 g/mol. The number of hydrogen-bond acceptors (Lipinski definition) is 3. The van der Waals surface area contributed by atoms with Crippen molar-refractivity contribution in [3.63, 3.8) is 0 Å². The fraction of sp³-hybridized carbons (Fsp3) is 0.130. The third kappa shape index (κ3) is 6.34. The largest absolute Gasteiger partial charge is 0.573 e. The van der Waals surface area contributed by atoms with Crippen LogP contribution in [0.25, 0.3) is 12.2 Å². The van der Waals surface area contributed by atoms with Crippen molar-refractivity contribution in [1.82, 2.24) is 4.57 Å². The molecule has 0 spiro atoms. The zero-order valence-corrected chi connectivity index (χ0v) is 18.1.